The van der Waals surface area contributed by atoms with Gasteiger partial charge in [0.1, 0.15) is 4.21 Å². The van der Waals surface area contributed by atoms with Crippen molar-refractivity contribution in [3.63, 3.8) is 0 Å². The van der Waals surface area contributed by atoms with Crippen molar-refractivity contribution in [3.8, 4) is 0 Å². The van der Waals surface area contributed by atoms with E-state index in [4.69, 9.17) is 0 Å². The minimum absolute atomic E-state index is 0.0136. The molecule has 5 heterocycles. The number of amides is 1. The van der Waals surface area contributed by atoms with E-state index in [0.717, 1.165) is 48.3 Å². The zero-order chi connectivity index (χ0) is 23.9. The fraction of sp³-hybridized carbons (Fsp3) is 0.440. The van der Waals surface area contributed by atoms with E-state index >= 15 is 0 Å². The summed E-state index contributed by atoms with van der Waals surface area (Å²) in [4.78, 5) is 19.5. The van der Waals surface area contributed by atoms with Gasteiger partial charge in [-0.2, -0.15) is 4.31 Å². The van der Waals surface area contributed by atoms with Crippen molar-refractivity contribution in [2.75, 3.05) is 26.2 Å². The molecule has 0 bridgehead atoms. The van der Waals surface area contributed by atoms with Crippen LogP contribution in [0.4, 0.5) is 0 Å². The molecule has 3 aromatic rings. The number of pyridine rings is 1. The van der Waals surface area contributed by atoms with Gasteiger partial charge in [-0.05, 0) is 73.7 Å². The van der Waals surface area contributed by atoms with Crippen LogP contribution in [0.1, 0.15) is 46.6 Å². The number of sulfonamides is 1. The lowest BCUT2D eigenvalue weighted by molar-refractivity contribution is 0.0749. The second-order valence-electron chi connectivity index (χ2n) is 9.54. The highest BCUT2D eigenvalue weighted by molar-refractivity contribution is 7.91. The Bertz CT molecular complexity index is 1280. The molecule has 5 rings (SSSR count). The first-order valence-electron chi connectivity index (χ1n) is 11.7. The van der Waals surface area contributed by atoms with Crippen molar-refractivity contribution in [1.82, 2.24) is 18.8 Å². The Morgan fingerprint density at radius 1 is 1.09 bits per heavy atom. The lowest BCUT2D eigenvalue weighted by Crippen LogP contribution is -2.44. The Labute approximate surface area is 205 Å². The Morgan fingerprint density at radius 2 is 1.79 bits per heavy atom. The van der Waals surface area contributed by atoms with Crippen LogP contribution in [0.5, 0.6) is 0 Å². The second kappa shape index (κ2) is 8.94. The molecule has 1 amide bonds. The lowest BCUT2D eigenvalue weighted by atomic mass is 9.78. The molecular weight excluding hydrogens is 468 g/mol. The summed E-state index contributed by atoms with van der Waals surface area (Å²) in [5.74, 6) is 0.0830. The van der Waals surface area contributed by atoms with E-state index < -0.39 is 10.0 Å². The van der Waals surface area contributed by atoms with E-state index in [-0.39, 0.29) is 11.3 Å². The van der Waals surface area contributed by atoms with Gasteiger partial charge in [0, 0.05) is 56.5 Å². The summed E-state index contributed by atoms with van der Waals surface area (Å²) in [7, 11) is -3.41. The molecule has 0 radical (unpaired) electrons. The molecule has 3 aromatic heterocycles. The molecule has 0 aliphatic carbocycles. The summed E-state index contributed by atoms with van der Waals surface area (Å²) >= 11 is 1.27. The summed E-state index contributed by atoms with van der Waals surface area (Å²) in [5, 5.41) is 1.80. The smallest absolute Gasteiger partial charge is 0.255 e. The number of carbonyl (C=O) groups excluding carboxylic acids is 1. The van der Waals surface area contributed by atoms with Gasteiger partial charge < -0.3 is 9.47 Å². The molecule has 0 aromatic carbocycles. The predicted molar refractivity (Wildman–Crippen MR) is 133 cm³/mol. The van der Waals surface area contributed by atoms with Gasteiger partial charge in [-0.3, -0.25) is 9.78 Å². The maximum Gasteiger partial charge on any atom is 0.255 e. The normalized spacial score (nSPS) is 18.6. The maximum absolute atomic E-state index is 13.5. The molecule has 1 spiro atoms. The Hall–Kier alpha value is -2.49. The van der Waals surface area contributed by atoms with Crippen molar-refractivity contribution >= 4 is 27.3 Å². The van der Waals surface area contributed by atoms with Crippen LogP contribution in [-0.2, 0) is 16.6 Å². The number of hydrogen-bond donors (Lipinski definition) is 0. The van der Waals surface area contributed by atoms with E-state index in [1.54, 1.807) is 34.2 Å². The fourth-order valence-electron chi connectivity index (χ4n) is 5.36. The average molecular weight is 499 g/mol. The summed E-state index contributed by atoms with van der Waals surface area (Å²) in [5.41, 5.74) is 3.98. The molecule has 180 valence electrons. The maximum atomic E-state index is 13.5. The van der Waals surface area contributed by atoms with Crippen LogP contribution in [0.25, 0.3) is 0 Å². The molecule has 34 heavy (non-hydrogen) atoms. The quantitative estimate of drug-likeness (QED) is 0.534. The van der Waals surface area contributed by atoms with Crippen LogP contribution in [-0.4, -0.2) is 59.3 Å². The average Bonchev–Trinajstić information content (AvgIpc) is 3.57. The number of aryl methyl sites for hydroxylation is 1. The molecule has 0 N–H and O–H groups in total. The molecule has 0 atom stereocenters. The minimum atomic E-state index is -3.41. The summed E-state index contributed by atoms with van der Waals surface area (Å²) in [6, 6.07) is 9.44. The molecule has 0 saturated carbocycles. The molecule has 2 aliphatic heterocycles. The molecular formula is C25H30N4O3S2. The van der Waals surface area contributed by atoms with Gasteiger partial charge in [0.05, 0.1) is 5.56 Å². The predicted octanol–water partition coefficient (Wildman–Crippen LogP) is 3.93. The van der Waals surface area contributed by atoms with E-state index in [2.05, 4.69) is 9.55 Å². The zero-order valence-corrected chi connectivity index (χ0v) is 21.2. The summed E-state index contributed by atoms with van der Waals surface area (Å²) < 4.78 is 30.0. The number of piperidine rings is 1. The van der Waals surface area contributed by atoms with Crippen LogP contribution in [0.2, 0.25) is 0 Å². The van der Waals surface area contributed by atoms with E-state index in [0.29, 0.717) is 30.4 Å². The number of thiophene rings is 1. The van der Waals surface area contributed by atoms with Crippen LogP contribution in [0, 0.1) is 19.3 Å². The number of rotatable bonds is 5. The fourth-order valence-corrected chi connectivity index (χ4v) is 7.94. The minimum Gasteiger partial charge on any atom is -0.344 e. The third kappa shape index (κ3) is 4.21. The highest BCUT2D eigenvalue weighted by atomic mass is 32.2. The molecule has 2 aliphatic rings. The van der Waals surface area contributed by atoms with Gasteiger partial charge in [0.2, 0.25) is 0 Å². The second-order valence-corrected chi connectivity index (χ2v) is 12.7. The third-order valence-corrected chi connectivity index (χ3v) is 10.8. The largest absolute Gasteiger partial charge is 0.344 e. The SMILES string of the molecule is Cc1cc(C(=O)N2CCC3(CCN(S(=O)(=O)c4cccs4)CC3)C2)c(C)n1Cc1ccncc1. The highest BCUT2D eigenvalue weighted by Crippen LogP contribution is 2.42. The number of carbonyl (C=O) groups is 1. The molecule has 2 fully saturated rings. The van der Waals surface area contributed by atoms with Crippen LogP contribution < -0.4 is 0 Å². The first-order valence-corrected chi connectivity index (χ1v) is 14.0. The first-order chi connectivity index (χ1) is 16.3. The van der Waals surface area contributed by atoms with Gasteiger partial charge in [0.25, 0.3) is 15.9 Å². The van der Waals surface area contributed by atoms with Crippen LogP contribution >= 0.6 is 11.3 Å². The Kier molecular flexibility index (Phi) is 6.12. The van der Waals surface area contributed by atoms with Crippen LogP contribution in [0.3, 0.4) is 0 Å². The summed E-state index contributed by atoms with van der Waals surface area (Å²) in [6.07, 6.45) is 6.10. The van der Waals surface area contributed by atoms with Gasteiger partial charge in [-0.15, -0.1) is 11.3 Å². The number of likely N-dealkylation sites (tertiary alicyclic amines) is 1. The van der Waals surface area contributed by atoms with E-state index in [9.17, 15) is 13.2 Å². The zero-order valence-electron chi connectivity index (χ0n) is 19.6. The van der Waals surface area contributed by atoms with E-state index in [1.807, 2.05) is 36.9 Å². The molecule has 0 unspecified atom stereocenters. The Morgan fingerprint density at radius 3 is 2.47 bits per heavy atom. The number of aromatic nitrogens is 2. The lowest BCUT2D eigenvalue weighted by Gasteiger charge is -2.38. The summed E-state index contributed by atoms with van der Waals surface area (Å²) in [6.45, 7) is 7.23. The van der Waals surface area contributed by atoms with Gasteiger partial charge in [-0.25, -0.2) is 8.42 Å². The van der Waals surface area contributed by atoms with Crippen molar-refractivity contribution in [3.05, 3.63) is 70.6 Å². The van der Waals surface area contributed by atoms with E-state index in [1.165, 1.54) is 11.3 Å². The number of hydrogen-bond acceptors (Lipinski definition) is 5. The first kappa shape index (κ1) is 23.3. The van der Waals surface area contributed by atoms with Crippen molar-refractivity contribution < 1.29 is 13.2 Å². The third-order valence-electron chi connectivity index (χ3n) is 7.49. The van der Waals surface area contributed by atoms with Crippen molar-refractivity contribution in [2.45, 2.75) is 43.9 Å². The Balaban J connectivity index is 1.26. The topological polar surface area (TPSA) is 75.5 Å². The standard InChI is InChI=1S/C25H30N4O3S2/c1-19-16-22(20(2)29(19)17-21-5-10-26-11-6-21)24(30)27-12-7-25(18-27)8-13-28(14-9-25)34(31,32)23-4-3-15-33-23/h3-6,10-11,15-16H,7-9,12-14,17-18H2,1-2H3. The van der Waals surface area contributed by atoms with Gasteiger partial charge >= 0.3 is 0 Å². The van der Waals surface area contributed by atoms with Gasteiger partial charge in [0.15, 0.2) is 0 Å². The monoisotopic (exact) mass is 498 g/mol. The van der Waals surface area contributed by atoms with Crippen molar-refractivity contribution in [2.24, 2.45) is 5.41 Å². The highest BCUT2D eigenvalue weighted by Gasteiger charge is 2.44. The number of nitrogens with zero attached hydrogens (tertiary/aromatic N) is 4. The van der Waals surface area contributed by atoms with Gasteiger partial charge in [-0.1, -0.05) is 6.07 Å². The van der Waals surface area contributed by atoms with Crippen LogP contribution in [0.15, 0.2) is 52.3 Å². The molecule has 7 nitrogen and oxygen atoms in total. The molecule has 9 heteroatoms. The molecule has 2 saturated heterocycles. The van der Waals surface area contributed by atoms with Crippen molar-refractivity contribution in [1.29, 1.82) is 0 Å².